The van der Waals surface area contributed by atoms with E-state index in [9.17, 15) is 56.5 Å². The molecule has 0 bridgehead atoms. The molecule has 2 amide bonds. The molecule has 34 heteroatoms. The summed E-state index contributed by atoms with van der Waals surface area (Å²) in [6.07, 6.45) is 13.2. The van der Waals surface area contributed by atoms with Gasteiger partial charge in [0, 0.05) is 60.7 Å². The lowest BCUT2D eigenvalue weighted by atomic mass is 9.72. The second-order valence-electron chi connectivity index (χ2n) is 23.1. The Hall–Kier alpha value is -6.00. The molecule has 4 aromatic carbocycles. The number of fused-ring (bicyclic) bond motifs is 4. The number of ether oxygens (including phenoxy) is 8. The number of allylic oxidation sites excluding steroid dienone is 8. The second kappa shape index (κ2) is 38.5. The van der Waals surface area contributed by atoms with E-state index < -0.39 is 98.8 Å². The number of carbonyl (C=O) groups excluding carboxylic acids is 3. The third kappa shape index (κ3) is 22.3. The van der Waals surface area contributed by atoms with Gasteiger partial charge in [0.1, 0.15) is 9.79 Å². The quantitative estimate of drug-likeness (QED) is 0.0196. The van der Waals surface area contributed by atoms with Gasteiger partial charge in [-0.15, -0.1) is 5.06 Å². The van der Waals surface area contributed by atoms with Crippen LogP contribution in [0, 0.1) is 6.92 Å². The van der Waals surface area contributed by atoms with Crippen LogP contribution in [0.1, 0.15) is 75.5 Å². The average molecular weight is 1500 g/mol. The van der Waals surface area contributed by atoms with Gasteiger partial charge < -0.3 is 47.6 Å². The molecule has 2 heterocycles. The predicted molar refractivity (Wildman–Crippen MR) is 366 cm³/mol. The molecular formula is C66H90N2O27S5. The lowest BCUT2D eigenvalue weighted by Gasteiger charge is -2.33. The zero-order valence-corrected chi connectivity index (χ0v) is 61.7. The Bertz CT molecular complexity index is 4180. The van der Waals surface area contributed by atoms with E-state index in [4.69, 9.17) is 63.6 Å². The van der Waals surface area contributed by atoms with Crippen LogP contribution in [0.2, 0.25) is 0 Å². The van der Waals surface area contributed by atoms with Crippen LogP contribution in [0.3, 0.4) is 0 Å². The summed E-state index contributed by atoms with van der Waals surface area (Å²) in [5.41, 5.74) is 1.05. The van der Waals surface area contributed by atoms with Gasteiger partial charge in [0.15, 0.2) is 0 Å². The summed E-state index contributed by atoms with van der Waals surface area (Å²) in [4.78, 5) is 40.6. The van der Waals surface area contributed by atoms with Crippen molar-refractivity contribution >= 4 is 95.6 Å². The molecule has 556 valence electrons. The highest BCUT2D eigenvalue weighted by atomic mass is 32.2. The molecule has 2 aliphatic heterocycles. The average Bonchev–Trinajstić information content (AvgIpc) is 1.49. The lowest BCUT2D eigenvalue weighted by molar-refractivity contribution is -0.198. The lowest BCUT2D eigenvalue weighted by Crippen LogP contribution is -2.32. The molecule has 0 spiro atoms. The van der Waals surface area contributed by atoms with E-state index in [1.54, 1.807) is 68.7 Å². The number of hydrogen-bond acceptors (Lipinski definition) is 28. The Morgan fingerprint density at radius 2 is 1.01 bits per heavy atom. The van der Waals surface area contributed by atoms with Crippen LogP contribution in [-0.4, -0.2) is 219 Å². The fourth-order valence-corrected chi connectivity index (χ4v) is 15.5. The summed E-state index contributed by atoms with van der Waals surface area (Å²) in [5, 5.41) is 1.36. The van der Waals surface area contributed by atoms with Crippen molar-refractivity contribution in [2.45, 2.75) is 96.1 Å². The Morgan fingerprint density at radius 3 is 1.54 bits per heavy atom. The van der Waals surface area contributed by atoms with E-state index in [1.165, 1.54) is 12.1 Å². The first kappa shape index (κ1) is 83.0. The van der Waals surface area contributed by atoms with Gasteiger partial charge in [0.2, 0.25) is 0 Å². The van der Waals surface area contributed by atoms with Crippen molar-refractivity contribution in [3.05, 3.63) is 113 Å². The van der Waals surface area contributed by atoms with E-state index in [0.717, 1.165) is 47.7 Å². The standard InChI is InChI=1S/C66H90N2O27S5/c1-49-18-19-52-54(45-50(97(74,75)84-6)47-57(52)99(78,79)86-8)63(49)65(2,26-16-44-96(72,73)83-5)25-15-13-11-10-12-14-17-59-66(3,27-30-89-35-38-93-41-40-91-33-32-82-4)64-55-46-51(98(76,77)85-7)48-58(100(80,81)87-9)53(55)20-21-56(64)67(59)28-31-90-36-39-94-43-42-92-37-34-88-29-24-62(71)95-68-60(69)22-23-61(68)70/h10-15,17-21,45-48H,16,22-44H2,1-9H3/b11-10+,14-12+,15-13+,59-17+. The minimum absolute atomic E-state index is 0.0121. The van der Waals surface area contributed by atoms with E-state index in [-0.39, 0.29) is 151 Å². The van der Waals surface area contributed by atoms with Gasteiger partial charge in [-0.3, -0.25) is 30.5 Å². The number of hydroxylamine groups is 2. The Labute approximate surface area is 586 Å². The van der Waals surface area contributed by atoms with Gasteiger partial charge in [-0.25, -0.2) is 4.79 Å². The fraction of sp³-hybridized carbons (Fsp3) is 0.530. The van der Waals surface area contributed by atoms with Gasteiger partial charge in [-0.05, 0) is 109 Å². The second-order valence-corrected chi connectivity index (χ2v) is 31.7. The van der Waals surface area contributed by atoms with Crippen molar-refractivity contribution in [1.82, 2.24) is 5.06 Å². The first-order valence-electron chi connectivity index (χ1n) is 31.8. The molecule has 1 saturated heterocycles. The molecule has 1 fully saturated rings. The van der Waals surface area contributed by atoms with Crippen molar-refractivity contribution < 1.29 is 120 Å². The molecule has 2 unspecified atom stereocenters. The number of nitrogens with zero attached hydrogens (tertiary/aromatic N) is 2. The van der Waals surface area contributed by atoms with Crippen molar-refractivity contribution in [3.63, 3.8) is 0 Å². The molecule has 0 radical (unpaired) electrons. The topological polar surface area (TPSA) is 358 Å². The molecule has 0 aliphatic carbocycles. The molecule has 6 rings (SSSR count). The van der Waals surface area contributed by atoms with Crippen LogP contribution >= 0.6 is 0 Å². The van der Waals surface area contributed by atoms with Gasteiger partial charge in [-0.2, -0.15) is 42.1 Å². The van der Waals surface area contributed by atoms with Crippen LogP contribution in [0.15, 0.2) is 116 Å². The maximum absolute atomic E-state index is 13.7. The molecule has 0 aromatic heterocycles. The Morgan fingerprint density at radius 1 is 0.540 bits per heavy atom. The van der Waals surface area contributed by atoms with Gasteiger partial charge in [-0.1, -0.05) is 61.6 Å². The molecule has 29 nitrogen and oxygen atoms in total. The fourth-order valence-electron chi connectivity index (χ4n) is 11.5. The Balaban J connectivity index is 1.29. The maximum Gasteiger partial charge on any atom is 0.335 e. The number of rotatable bonds is 47. The van der Waals surface area contributed by atoms with Crippen LogP contribution in [-0.2, 0) is 139 Å². The van der Waals surface area contributed by atoms with Crippen LogP contribution in [0.25, 0.3) is 21.5 Å². The molecule has 0 saturated carbocycles. The van der Waals surface area contributed by atoms with E-state index in [2.05, 4.69) is 0 Å². The van der Waals surface area contributed by atoms with Gasteiger partial charge >= 0.3 is 5.97 Å². The molecule has 100 heavy (non-hydrogen) atoms. The Kier molecular flexibility index (Phi) is 31.9. The highest BCUT2D eigenvalue weighted by molar-refractivity contribution is 7.88. The molecule has 2 atom stereocenters. The third-order valence-corrected chi connectivity index (χ3v) is 23.0. The molecule has 0 N–H and O–H groups in total. The van der Waals surface area contributed by atoms with E-state index in [1.807, 2.05) is 30.9 Å². The smallest absolute Gasteiger partial charge is 0.335 e. The van der Waals surface area contributed by atoms with E-state index in [0.29, 0.717) is 59.6 Å². The number of anilines is 1. The van der Waals surface area contributed by atoms with Crippen LogP contribution in [0.4, 0.5) is 5.69 Å². The number of aryl methyl sites for hydroxylation is 1. The van der Waals surface area contributed by atoms with Crippen molar-refractivity contribution in [3.8, 4) is 0 Å². The minimum atomic E-state index is -4.54. The van der Waals surface area contributed by atoms with Crippen molar-refractivity contribution in [2.75, 3.05) is 159 Å². The van der Waals surface area contributed by atoms with Crippen molar-refractivity contribution in [1.29, 1.82) is 0 Å². The normalized spacial score (nSPS) is 16.8. The first-order chi connectivity index (χ1) is 47.5. The van der Waals surface area contributed by atoms with E-state index >= 15 is 0 Å². The maximum atomic E-state index is 13.7. The summed E-state index contributed by atoms with van der Waals surface area (Å²) >= 11 is 0. The minimum Gasteiger partial charge on any atom is -0.382 e. The molecule has 2 aliphatic rings. The number of benzene rings is 4. The predicted octanol–water partition coefficient (Wildman–Crippen LogP) is 6.53. The third-order valence-electron chi connectivity index (χ3n) is 16.6. The van der Waals surface area contributed by atoms with Crippen LogP contribution in [0.5, 0.6) is 0 Å². The number of methoxy groups -OCH3 is 1. The molecular weight excluding hydrogens is 1410 g/mol. The van der Waals surface area contributed by atoms with Gasteiger partial charge in [0.25, 0.3) is 62.4 Å². The number of hydrogen-bond donors (Lipinski definition) is 0. The first-order valence-corrected chi connectivity index (χ1v) is 39.0. The highest BCUT2D eigenvalue weighted by Crippen LogP contribution is 2.54. The summed E-state index contributed by atoms with van der Waals surface area (Å²) in [7, 11) is -15.4. The van der Waals surface area contributed by atoms with Gasteiger partial charge in [0.05, 0.1) is 150 Å². The number of imide groups is 1. The monoisotopic (exact) mass is 1500 g/mol. The van der Waals surface area contributed by atoms with Crippen molar-refractivity contribution in [2.24, 2.45) is 0 Å². The summed E-state index contributed by atoms with van der Waals surface area (Å²) in [6.45, 7) is 9.18. The largest absolute Gasteiger partial charge is 0.382 e. The number of amides is 2. The number of carbonyl (C=O) groups is 3. The highest BCUT2D eigenvalue weighted by Gasteiger charge is 2.45. The zero-order valence-electron chi connectivity index (χ0n) is 57.6. The van der Waals surface area contributed by atoms with Crippen LogP contribution < -0.4 is 4.90 Å². The molecule has 4 aromatic rings. The summed E-state index contributed by atoms with van der Waals surface area (Å²) in [6, 6.07) is 11.3. The SMILES string of the molecule is COCCOCCOCCOCCC1(C)\C(=C/C=C/C=C/C=C/CC(C)(CCCS(=O)(=O)OC)c2c(C)ccc3c(S(=O)(=O)OC)cc(S(=O)(=O)OC)cc23)N(CCOCCOCCOCCOCCC(=O)ON2C(=O)CCC2=O)c2ccc3c(S(=O)(=O)OC)cc(S(=O)(=O)OC)cc3c21. The summed E-state index contributed by atoms with van der Waals surface area (Å²) < 4.78 is 203. The zero-order chi connectivity index (χ0) is 73.4. The summed E-state index contributed by atoms with van der Waals surface area (Å²) in [5.74, 6) is -2.27.